The molecular formula is C15H11Cl2N3O5. The molecule has 0 fully saturated rings. The fourth-order valence-electron chi connectivity index (χ4n) is 1.59. The number of halogens is 2. The van der Waals surface area contributed by atoms with Crippen LogP contribution in [0.4, 0.5) is 5.88 Å². The largest absolute Gasteiger partial charge is 0.482 e. The first-order valence-corrected chi connectivity index (χ1v) is 7.52. The number of carbonyl (C=O) groups is 1. The van der Waals surface area contributed by atoms with Crippen LogP contribution in [0.15, 0.2) is 45.9 Å². The normalized spacial score (nSPS) is 11.1. The van der Waals surface area contributed by atoms with E-state index in [2.05, 4.69) is 10.5 Å². The van der Waals surface area contributed by atoms with Crippen LogP contribution in [0.25, 0.3) is 6.08 Å². The van der Waals surface area contributed by atoms with E-state index in [-0.39, 0.29) is 18.3 Å². The lowest BCUT2D eigenvalue weighted by Crippen LogP contribution is -2.24. The molecule has 1 N–H and O–H groups in total. The molecule has 0 atom stereocenters. The van der Waals surface area contributed by atoms with Crippen LogP contribution in [0.5, 0.6) is 5.75 Å². The quantitative estimate of drug-likeness (QED) is 0.445. The molecule has 0 bridgehead atoms. The first-order valence-electron chi connectivity index (χ1n) is 6.76. The Bertz CT molecular complexity index is 832. The Balaban J connectivity index is 1.76. The lowest BCUT2D eigenvalue weighted by Gasteiger charge is -2.06. The second-order valence-electron chi connectivity index (χ2n) is 4.47. The summed E-state index contributed by atoms with van der Waals surface area (Å²) in [5.74, 6) is -0.248. The Morgan fingerprint density at radius 2 is 2.16 bits per heavy atom. The molecule has 0 saturated heterocycles. The smallest absolute Gasteiger partial charge is 0.433 e. The average molecular weight is 384 g/mol. The first kappa shape index (κ1) is 18.5. The molecule has 2 rings (SSSR count). The lowest BCUT2D eigenvalue weighted by atomic mass is 10.3. The summed E-state index contributed by atoms with van der Waals surface area (Å²) in [6.07, 6.45) is 4.17. The Morgan fingerprint density at radius 3 is 2.84 bits per heavy atom. The number of hydrogen-bond donors (Lipinski definition) is 1. The Labute approximate surface area is 151 Å². The summed E-state index contributed by atoms with van der Waals surface area (Å²) in [7, 11) is 0. The average Bonchev–Trinajstić information content (AvgIpc) is 3.03. The summed E-state index contributed by atoms with van der Waals surface area (Å²) >= 11 is 11.7. The van der Waals surface area contributed by atoms with Crippen LogP contribution in [0.3, 0.4) is 0 Å². The number of ether oxygens (including phenoxy) is 1. The van der Waals surface area contributed by atoms with E-state index in [0.717, 1.165) is 0 Å². The van der Waals surface area contributed by atoms with Crippen molar-refractivity contribution >= 4 is 47.3 Å². The van der Waals surface area contributed by atoms with E-state index in [1.165, 1.54) is 36.6 Å². The minimum Gasteiger partial charge on any atom is -0.482 e. The first-order chi connectivity index (χ1) is 12.0. The van der Waals surface area contributed by atoms with E-state index in [4.69, 9.17) is 32.4 Å². The van der Waals surface area contributed by atoms with Crippen molar-refractivity contribution in [2.24, 2.45) is 5.10 Å². The minimum atomic E-state index is -0.640. The molecule has 0 unspecified atom stereocenters. The van der Waals surface area contributed by atoms with Crippen molar-refractivity contribution in [2.45, 2.75) is 0 Å². The molecule has 10 heteroatoms. The molecule has 0 aliphatic carbocycles. The Hall–Kier alpha value is -2.84. The number of nitrogens with one attached hydrogen (secondary N) is 1. The highest BCUT2D eigenvalue weighted by atomic mass is 35.5. The topological polar surface area (TPSA) is 107 Å². The van der Waals surface area contributed by atoms with Gasteiger partial charge in [0.25, 0.3) is 5.91 Å². The molecule has 2 aromatic rings. The number of nitrogens with zero attached hydrogens (tertiary/aromatic N) is 2. The van der Waals surface area contributed by atoms with Crippen LogP contribution in [-0.4, -0.2) is 23.7 Å². The molecule has 0 aliphatic heterocycles. The lowest BCUT2D eigenvalue weighted by molar-refractivity contribution is -0.402. The van der Waals surface area contributed by atoms with Crippen molar-refractivity contribution < 1.29 is 18.9 Å². The maximum Gasteiger partial charge on any atom is 0.433 e. The highest BCUT2D eigenvalue weighted by molar-refractivity contribution is 6.35. The molecule has 0 radical (unpaired) electrons. The van der Waals surface area contributed by atoms with Crippen LogP contribution in [0, 0.1) is 10.1 Å². The molecule has 1 aromatic carbocycles. The Morgan fingerprint density at radius 1 is 1.36 bits per heavy atom. The zero-order valence-electron chi connectivity index (χ0n) is 12.5. The molecule has 0 spiro atoms. The zero-order valence-corrected chi connectivity index (χ0v) is 14.0. The third kappa shape index (κ3) is 5.94. The van der Waals surface area contributed by atoms with Gasteiger partial charge in [0.1, 0.15) is 16.4 Å². The summed E-state index contributed by atoms with van der Waals surface area (Å²) in [4.78, 5) is 21.4. The third-order valence-electron chi connectivity index (χ3n) is 2.66. The van der Waals surface area contributed by atoms with Gasteiger partial charge in [-0.25, -0.2) is 5.43 Å². The van der Waals surface area contributed by atoms with Gasteiger partial charge in [-0.1, -0.05) is 23.2 Å². The van der Waals surface area contributed by atoms with E-state index >= 15 is 0 Å². The van der Waals surface area contributed by atoms with Crippen LogP contribution < -0.4 is 10.2 Å². The second-order valence-corrected chi connectivity index (χ2v) is 5.31. The zero-order chi connectivity index (χ0) is 18.2. The molecule has 1 heterocycles. The summed E-state index contributed by atoms with van der Waals surface area (Å²) < 4.78 is 10.1. The van der Waals surface area contributed by atoms with Crippen molar-refractivity contribution in [3.63, 3.8) is 0 Å². The van der Waals surface area contributed by atoms with Gasteiger partial charge in [0, 0.05) is 11.2 Å². The van der Waals surface area contributed by atoms with Gasteiger partial charge in [-0.05, 0) is 36.4 Å². The van der Waals surface area contributed by atoms with E-state index in [9.17, 15) is 14.9 Å². The molecular weight excluding hydrogens is 373 g/mol. The summed E-state index contributed by atoms with van der Waals surface area (Å²) in [6.45, 7) is -0.285. The van der Waals surface area contributed by atoms with Gasteiger partial charge >= 0.3 is 5.88 Å². The summed E-state index contributed by atoms with van der Waals surface area (Å²) in [5.41, 5.74) is 2.24. The predicted octanol–water partition coefficient (Wildman–Crippen LogP) is 3.69. The van der Waals surface area contributed by atoms with Gasteiger partial charge in [0.15, 0.2) is 6.61 Å². The van der Waals surface area contributed by atoms with Crippen molar-refractivity contribution in [2.75, 3.05) is 6.61 Å². The monoisotopic (exact) mass is 383 g/mol. The highest BCUT2D eigenvalue weighted by Gasteiger charge is 2.09. The van der Waals surface area contributed by atoms with Crippen molar-refractivity contribution in [3.8, 4) is 5.75 Å². The SMILES string of the molecule is O=C(COc1ccc(Cl)cc1Cl)NN=CC=Cc1ccc([N+](=O)[O-])o1. The number of furan rings is 1. The maximum absolute atomic E-state index is 11.6. The molecule has 25 heavy (non-hydrogen) atoms. The number of benzene rings is 1. The molecule has 1 aromatic heterocycles. The van der Waals surface area contributed by atoms with Gasteiger partial charge in [-0.3, -0.25) is 14.9 Å². The number of rotatable bonds is 7. The van der Waals surface area contributed by atoms with Crippen LogP contribution in [0.2, 0.25) is 10.0 Å². The van der Waals surface area contributed by atoms with Gasteiger partial charge in [0.05, 0.1) is 11.1 Å². The fourth-order valence-corrected chi connectivity index (χ4v) is 2.05. The fraction of sp³-hybridized carbons (Fsp3) is 0.0667. The number of hydrogen-bond acceptors (Lipinski definition) is 6. The van der Waals surface area contributed by atoms with E-state index < -0.39 is 10.8 Å². The van der Waals surface area contributed by atoms with Crippen molar-refractivity contribution in [3.05, 3.63) is 62.3 Å². The molecule has 0 aliphatic rings. The summed E-state index contributed by atoms with van der Waals surface area (Å²) in [5, 5.41) is 14.9. The number of hydrazone groups is 1. The maximum atomic E-state index is 11.6. The Kier molecular flexibility index (Phi) is 6.55. The van der Waals surface area contributed by atoms with Crippen LogP contribution in [0.1, 0.15) is 5.76 Å². The van der Waals surface area contributed by atoms with Gasteiger partial charge in [-0.15, -0.1) is 0 Å². The van der Waals surface area contributed by atoms with E-state index in [0.29, 0.717) is 15.8 Å². The summed E-state index contributed by atoms with van der Waals surface area (Å²) in [6, 6.07) is 7.30. The molecule has 1 amide bonds. The van der Waals surface area contributed by atoms with Gasteiger partial charge < -0.3 is 9.15 Å². The van der Waals surface area contributed by atoms with E-state index in [1.807, 2.05) is 0 Å². The van der Waals surface area contributed by atoms with Gasteiger partial charge in [0.2, 0.25) is 0 Å². The highest BCUT2D eigenvalue weighted by Crippen LogP contribution is 2.27. The predicted molar refractivity (Wildman–Crippen MR) is 93.0 cm³/mol. The van der Waals surface area contributed by atoms with Crippen molar-refractivity contribution in [1.82, 2.24) is 5.43 Å². The van der Waals surface area contributed by atoms with Crippen LogP contribution >= 0.6 is 23.2 Å². The van der Waals surface area contributed by atoms with E-state index in [1.54, 1.807) is 12.1 Å². The number of nitro groups is 1. The molecule has 130 valence electrons. The number of amides is 1. The standard InChI is InChI=1S/C15H11Cl2N3O5/c16-10-3-5-13(12(17)8-10)24-9-14(21)19-18-7-1-2-11-4-6-15(25-11)20(22)23/h1-8H,9H2,(H,19,21). The minimum absolute atomic E-state index is 0.283. The third-order valence-corrected chi connectivity index (χ3v) is 3.19. The number of allylic oxidation sites excluding steroid dienone is 1. The van der Waals surface area contributed by atoms with Crippen molar-refractivity contribution in [1.29, 1.82) is 0 Å². The molecule has 0 saturated carbocycles. The van der Waals surface area contributed by atoms with Crippen LogP contribution in [-0.2, 0) is 4.79 Å². The van der Waals surface area contributed by atoms with Gasteiger partial charge in [-0.2, -0.15) is 5.10 Å². The molecule has 8 nitrogen and oxygen atoms in total. The second kappa shape index (κ2) is 8.86. The number of carbonyl (C=O) groups excluding carboxylic acids is 1.